The van der Waals surface area contributed by atoms with Crippen LogP contribution in [-0.2, 0) is 0 Å². The zero-order chi connectivity index (χ0) is 14.8. The van der Waals surface area contributed by atoms with Crippen LogP contribution < -0.4 is 5.32 Å². The second-order valence-electron chi connectivity index (χ2n) is 6.68. The zero-order valence-corrected chi connectivity index (χ0v) is 14.4. The average molecular weight is 347 g/mol. The van der Waals surface area contributed by atoms with Gasteiger partial charge in [-0.15, -0.1) is 0 Å². The molecule has 0 saturated heterocycles. The van der Waals surface area contributed by atoms with Gasteiger partial charge in [0.1, 0.15) is 0 Å². The van der Waals surface area contributed by atoms with Gasteiger partial charge in [0.25, 0.3) is 5.91 Å². The fraction of sp³-hybridized carbons (Fsp3) is 0.533. The Morgan fingerprint density at radius 1 is 1.26 bits per heavy atom. The lowest BCUT2D eigenvalue weighted by atomic mass is 9.81. The molecular weight excluding hydrogens is 326 g/mol. The van der Waals surface area contributed by atoms with Crippen molar-refractivity contribution in [2.24, 2.45) is 5.41 Å². The van der Waals surface area contributed by atoms with Crippen molar-refractivity contribution < 1.29 is 4.79 Å². The number of hydrogen-bond donors (Lipinski definition) is 1. The van der Waals surface area contributed by atoms with E-state index in [9.17, 15) is 4.79 Å². The van der Waals surface area contributed by atoms with Crippen molar-refractivity contribution in [1.29, 1.82) is 0 Å². The molecule has 2 nitrogen and oxygen atoms in total. The predicted octanol–water partition coefficient (Wildman–Crippen LogP) is 5.05. The van der Waals surface area contributed by atoms with Crippen LogP contribution in [0.3, 0.4) is 0 Å². The van der Waals surface area contributed by atoms with Gasteiger partial charge in [-0.2, -0.15) is 0 Å². The van der Waals surface area contributed by atoms with Crippen LogP contribution >= 0.6 is 27.5 Å². The standard InChI is InChI=1S/C15H21BrClNO/c1-14(2,3)9-15(4,5)18-13(19)10-7-6-8-11(16)12(10)17/h6-8H,9H2,1-5H3,(H,18,19). The first-order valence-electron chi connectivity index (χ1n) is 6.28. The van der Waals surface area contributed by atoms with E-state index in [1.807, 2.05) is 26.0 Å². The number of hydrogen-bond acceptors (Lipinski definition) is 1. The van der Waals surface area contributed by atoms with Gasteiger partial charge < -0.3 is 5.32 Å². The van der Waals surface area contributed by atoms with Crippen molar-refractivity contribution in [3.8, 4) is 0 Å². The lowest BCUT2D eigenvalue weighted by molar-refractivity contribution is 0.0891. The number of amides is 1. The Bertz CT molecular complexity index is 478. The molecule has 0 bridgehead atoms. The molecule has 0 aromatic heterocycles. The largest absolute Gasteiger partial charge is 0.347 e. The molecule has 1 aromatic carbocycles. The Hall–Kier alpha value is -0.540. The second kappa shape index (κ2) is 5.84. The van der Waals surface area contributed by atoms with E-state index in [0.29, 0.717) is 10.6 Å². The molecule has 0 atom stereocenters. The molecule has 1 amide bonds. The van der Waals surface area contributed by atoms with Gasteiger partial charge in [-0.25, -0.2) is 0 Å². The molecule has 4 heteroatoms. The Labute approximate surface area is 129 Å². The molecule has 0 spiro atoms. The quantitative estimate of drug-likeness (QED) is 0.815. The molecule has 1 rings (SSSR count). The van der Waals surface area contributed by atoms with E-state index in [1.54, 1.807) is 6.07 Å². The van der Waals surface area contributed by atoms with Crippen LogP contribution in [0.15, 0.2) is 22.7 Å². The van der Waals surface area contributed by atoms with E-state index in [1.165, 1.54) is 0 Å². The normalized spacial score (nSPS) is 12.4. The van der Waals surface area contributed by atoms with E-state index in [0.717, 1.165) is 10.9 Å². The summed E-state index contributed by atoms with van der Waals surface area (Å²) >= 11 is 9.47. The van der Waals surface area contributed by atoms with Crippen molar-refractivity contribution in [3.05, 3.63) is 33.3 Å². The van der Waals surface area contributed by atoms with E-state index in [2.05, 4.69) is 42.0 Å². The first kappa shape index (κ1) is 16.5. The smallest absolute Gasteiger partial charge is 0.253 e. The third-order valence-corrected chi connectivity index (χ3v) is 3.92. The summed E-state index contributed by atoms with van der Waals surface area (Å²) in [6.07, 6.45) is 0.886. The van der Waals surface area contributed by atoms with Gasteiger partial charge in [0, 0.05) is 10.0 Å². The average Bonchev–Trinajstić information content (AvgIpc) is 2.17. The summed E-state index contributed by atoms with van der Waals surface area (Å²) in [6.45, 7) is 10.5. The van der Waals surface area contributed by atoms with Gasteiger partial charge >= 0.3 is 0 Å². The molecule has 0 aliphatic rings. The minimum Gasteiger partial charge on any atom is -0.347 e. The number of nitrogens with one attached hydrogen (secondary N) is 1. The number of carbonyl (C=O) groups is 1. The summed E-state index contributed by atoms with van der Waals surface area (Å²) in [5.74, 6) is -0.138. The Balaban J connectivity index is 2.88. The van der Waals surface area contributed by atoms with Crippen LogP contribution in [0.25, 0.3) is 0 Å². The molecule has 0 aliphatic carbocycles. The van der Waals surface area contributed by atoms with Crippen LogP contribution in [0.2, 0.25) is 5.02 Å². The Kier molecular flexibility index (Phi) is 5.08. The highest BCUT2D eigenvalue weighted by atomic mass is 79.9. The fourth-order valence-electron chi connectivity index (χ4n) is 2.42. The van der Waals surface area contributed by atoms with Crippen molar-refractivity contribution in [3.63, 3.8) is 0 Å². The van der Waals surface area contributed by atoms with Gasteiger partial charge in [-0.05, 0) is 53.7 Å². The van der Waals surface area contributed by atoms with Crippen molar-refractivity contribution in [1.82, 2.24) is 5.32 Å². The van der Waals surface area contributed by atoms with Gasteiger partial charge in [0.05, 0.1) is 10.6 Å². The maximum Gasteiger partial charge on any atom is 0.253 e. The summed E-state index contributed by atoms with van der Waals surface area (Å²) in [7, 11) is 0. The number of carbonyl (C=O) groups excluding carboxylic acids is 1. The molecule has 19 heavy (non-hydrogen) atoms. The van der Waals surface area contributed by atoms with E-state index in [-0.39, 0.29) is 16.9 Å². The molecule has 0 saturated carbocycles. The summed E-state index contributed by atoms with van der Waals surface area (Å²) in [4.78, 5) is 12.3. The molecule has 1 N–H and O–H groups in total. The molecule has 0 radical (unpaired) electrons. The van der Waals surface area contributed by atoms with Crippen LogP contribution in [0.1, 0.15) is 51.4 Å². The van der Waals surface area contributed by atoms with Gasteiger partial charge in [-0.3, -0.25) is 4.79 Å². The van der Waals surface area contributed by atoms with Gasteiger partial charge in [-0.1, -0.05) is 38.4 Å². The topological polar surface area (TPSA) is 29.1 Å². The SMILES string of the molecule is CC(C)(C)CC(C)(C)NC(=O)c1cccc(Br)c1Cl. The number of rotatable bonds is 3. The number of benzene rings is 1. The van der Waals surface area contributed by atoms with Gasteiger partial charge in [0.15, 0.2) is 0 Å². The first-order chi connectivity index (χ1) is 8.52. The van der Waals surface area contributed by atoms with E-state index >= 15 is 0 Å². The van der Waals surface area contributed by atoms with Crippen LogP contribution in [0.4, 0.5) is 0 Å². The Morgan fingerprint density at radius 3 is 2.37 bits per heavy atom. The third-order valence-electron chi connectivity index (χ3n) is 2.62. The summed E-state index contributed by atoms with van der Waals surface area (Å²) in [5, 5.41) is 3.50. The maximum absolute atomic E-state index is 12.3. The highest BCUT2D eigenvalue weighted by Gasteiger charge is 2.28. The lowest BCUT2D eigenvalue weighted by Crippen LogP contribution is -2.45. The minimum atomic E-state index is -0.277. The maximum atomic E-state index is 12.3. The molecule has 0 fully saturated rings. The summed E-state index contributed by atoms with van der Waals surface area (Å²) < 4.78 is 0.732. The summed E-state index contributed by atoms with van der Waals surface area (Å²) in [5.41, 5.74) is 0.372. The van der Waals surface area contributed by atoms with E-state index < -0.39 is 0 Å². The molecule has 0 unspecified atom stereocenters. The lowest BCUT2D eigenvalue weighted by Gasteiger charge is -2.33. The van der Waals surface area contributed by atoms with Crippen LogP contribution in [0, 0.1) is 5.41 Å². The third kappa shape index (κ3) is 5.15. The van der Waals surface area contributed by atoms with Crippen molar-refractivity contribution >= 4 is 33.4 Å². The fourth-order valence-corrected chi connectivity index (χ4v) is 3.00. The molecule has 0 heterocycles. The number of halogens is 2. The molecule has 1 aromatic rings. The van der Waals surface area contributed by atoms with Crippen molar-refractivity contribution in [2.75, 3.05) is 0 Å². The Morgan fingerprint density at radius 2 is 1.84 bits per heavy atom. The van der Waals surface area contributed by atoms with E-state index in [4.69, 9.17) is 11.6 Å². The minimum absolute atomic E-state index is 0.138. The highest BCUT2D eigenvalue weighted by Crippen LogP contribution is 2.29. The molecule has 106 valence electrons. The summed E-state index contributed by atoms with van der Waals surface area (Å²) in [6, 6.07) is 5.36. The van der Waals surface area contributed by atoms with Crippen LogP contribution in [0.5, 0.6) is 0 Å². The predicted molar refractivity (Wildman–Crippen MR) is 84.8 cm³/mol. The molecule has 0 aliphatic heterocycles. The second-order valence-corrected chi connectivity index (χ2v) is 7.91. The van der Waals surface area contributed by atoms with Crippen molar-refractivity contribution in [2.45, 2.75) is 46.6 Å². The van der Waals surface area contributed by atoms with Crippen LogP contribution in [-0.4, -0.2) is 11.4 Å². The highest BCUT2D eigenvalue weighted by molar-refractivity contribution is 9.10. The van der Waals surface area contributed by atoms with Gasteiger partial charge in [0.2, 0.25) is 0 Å². The zero-order valence-electron chi connectivity index (χ0n) is 12.1. The first-order valence-corrected chi connectivity index (χ1v) is 7.45. The monoisotopic (exact) mass is 345 g/mol. The molecular formula is C15H21BrClNO.